The van der Waals surface area contributed by atoms with Crippen LogP contribution in [0.25, 0.3) is 10.8 Å². The van der Waals surface area contributed by atoms with Crippen molar-refractivity contribution in [3.05, 3.63) is 42.0 Å². The molecule has 106 valence electrons. The molecule has 1 fully saturated rings. The van der Waals surface area contributed by atoms with Gasteiger partial charge in [-0.1, -0.05) is 30.3 Å². The largest absolute Gasteiger partial charge is 0.490 e. The third-order valence-electron chi connectivity index (χ3n) is 3.85. The van der Waals surface area contributed by atoms with E-state index in [2.05, 4.69) is 0 Å². The van der Waals surface area contributed by atoms with Crippen molar-refractivity contribution in [3.8, 4) is 5.75 Å². The van der Waals surface area contributed by atoms with Gasteiger partial charge in [-0.05, 0) is 36.1 Å². The lowest BCUT2D eigenvalue weighted by Crippen LogP contribution is -2.26. The molecule has 3 nitrogen and oxygen atoms in total. The minimum absolute atomic E-state index is 0.0117. The Hall–Kier alpha value is -1.58. The zero-order valence-electron chi connectivity index (χ0n) is 11.5. The van der Waals surface area contributed by atoms with Crippen molar-refractivity contribution in [2.24, 2.45) is 0 Å². The number of fused-ring (bicyclic) bond motifs is 1. The van der Waals surface area contributed by atoms with Gasteiger partial charge in [0.2, 0.25) is 0 Å². The molecular weight excluding hydrogens is 252 g/mol. The molecule has 3 rings (SSSR count). The summed E-state index contributed by atoms with van der Waals surface area (Å²) in [5, 5.41) is 11.8. The smallest absolute Gasteiger partial charge is 0.125 e. The first-order valence-corrected chi connectivity index (χ1v) is 7.24. The van der Waals surface area contributed by atoms with E-state index in [0.29, 0.717) is 6.61 Å². The SMILES string of the molecule is OCc1c(OCC2CCCCO2)ccc2ccccc12. The molecule has 0 aromatic heterocycles. The molecule has 2 aromatic rings. The molecule has 1 aliphatic heterocycles. The van der Waals surface area contributed by atoms with Gasteiger partial charge in [-0.3, -0.25) is 0 Å². The molecule has 1 heterocycles. The lowest BCUT2D eigenvalue weighted by atomic mass is 10.0. The van der Waals surface area contributed by atoms with Crippen LogP contribution >= 0.6 is 0 Å². The number of hydrogen-bond acceptors (Lipinski definition) is 3. The molecule has 0 amide bonds. The normalized spacial score (nSPS) is 19.1. The van der Waals surface area contributed by atoms with E-state index in [1.165, 1.54) is 6.42 Å². The van der Waals surface area contributed by atoms with E-state index < -0.39 is 0 Å². The summed E-state index contributed by atoms with van der Waals surface area (Å²) < 4.78 is 11.6. The van der Waals surface area contributed by atoms with Crippen molar-refractivity contribution in [2.75, 3.05) is 13.2 Å². The van der Waals surface area contributed by atoms with Gasteiger partial charge in [0.05, 0.1) is 12.7 Å². The van der Waals surface area contributed by atoms with Gasteiger partial charge in [0, 0.05) is 12.2 Å². The first-order chi connectivity index (χ1) is 9.88. The molecule has 0 bridgehead atoms. The lowest BCUT2D eigenvalue weighted by molar-refractivity contribution is -0.0113. The average Bonchev–Trinajstić information content (AvgIpc) is 2.53. The van der Waals surface area contributed by atoms with Crippen molar-refractivity contribution < 1.29 is 14.6 Å². The third kappa shape index (κ3) is 2.79. The maximum atomic E-state index is 9.64. The summed E-state index contributed by atoms with van der Waals surface area (Å²) in [6, 6.07) is 12.0. The number of rotatable bonds is 4. The van der Waals surface area contributed by atoms with Crippen LogP contribution in [0.3, 0.4) is 0 Å². The van der Waals surface area contributed by atoms with Crippen LogP contribution in [-0.2, 0) is 11.3 Å². The van der Waals surface area contributed by atoms with Crippen LogP contribution in [0.1, 0.15) is 24.8 Å². The van der Waals surface area contributed by atoms with Gasteiger partial charge in [-0.2, -0.15) is 0 Å². The lowest BCUT2D eigenvalue weighted by Gasteiger charge is -2.23. The van der Waals surface area contributed by atoms with Crippen molar-refractivity contribution in [2.45, 2.75) is 32.0 Å². The van der Waals surface area contributed by atoms with Crippen LogP contribution in [0.4, 0.5) is 0 Å². The van der Waals surface area contributed by atoms with Crippen molar-refractivity contribution in [1.29, 1.82) is 0 Å². The Labute approximate surface area is 119 Å². The molecule has 1 N–H and O–H groups in total. The number of aliphatic hydroxyl groups excluding tert-OH is 1. The topological polar surface area (TPSA) is 38.7 Å². The van der Waals surface area contributed by atoms with E-state index in [4.69, 9.17) is 9.47 Å². The Morgan fingerprint density at radius 2 is 2.05 bits per heavy atom. The van der Waals surface area contributed by atoms with Gasteiger partial charge < -0.3 is 14.6 Å². The molecule has 0 spiro atoms. The first-order valence-electron chi connectivity index (χ1n) is 7.24. The zero-order valence-corrected chi connectivity index (χ0v) is 11.5. The Bertz CT molecular complexity index is 573. The van der Waals surface area contributed by atoms with E-state index in [9.17, 15) is 5.11 Å². The molecule has 0 saturated carbocycles. The van der Waals surface area contributed by atoms with E-state index >= 15 is 0 Å². The maximum Gasteiger partial charge on any atom is 0.125 e. The molecule has 20 heavy (non-hydrogen) atoms. The van der Waals surface area contributed by atoms with Gasteiger partial charge in [0.15, 0.2) is 0 Å². The zero-order chi connectivity index (χ0) is 13.8. The quantitative estimate of drug-likeness (QED) is 0.928. The second kappa shape index (κ2) is 6.25. The average molecular weight is 272 g/mol. The van der Waals surface area contributed by atoms with Crippen LogP contribution in [0, 0.1) is 0 Å². The molecular formula is C17H20O3. The molecule has 0 aliphatic carbocycles. The van der Waals surface area contributed by atoms with Gasteiger partial charge in [-0.25, -0.2) is 0 Å². The number of hydrogen-bond donors (Lipinski definition) is 1. The minimum Gasteiger partial charge on any atom is -0.490 e. The summed E-state index contributed by atoms with van der Waals surface area (Å²) in [5.41, 5.74) is 0.860. The summed E-state index contributed by atoms with van der Waals surface area (Å²) in [7, 11) is 0. The fourth-order valence-electron chi connectivity index (χ4n) is 2.74. The Balaban J connectivity index is 1.80. The van der Waals surface area contributed by atoms with Crippen LogP contribution < -0.4 is 4.74 Å². The second-order valence-electron chi connectivity index (χ2n) is 5.22. The first kappa shape index (κ1) is 13.4. The van der Waals surface area contributed by atoms with Gasteiger partial charge >= 0.3 is 0 Å². The van der Waals surface area contributed by atoms with E-state index in [1.54, 1.807) is 0 Å². The van der Waals surface area contributed by atoms with Crippen LogP contribution in [0.2, 0.25) is 0 Å². The number of benzene rings is 2. The highest BCUT2D eigenvalue weighted by atomic mass is 16.5. The molecule has 1 aliphatic rings. The highest BCUT2D eigenvalue weighted by Crippen LogP contribution is 2.28. The number of aliphatic hydroxyl groups is 1. The predicted molar refractivity (Wildman–Crippen MR) is 79.0 cm³/mol. The summed E-state index contributed by atoms with van der Waals surface area (Å²) in [5.74, 6) is 0.764. The molecule has 3 heteroatoms. The van der Waals surface area contributed by atoms with Crippen molar-refractivity contribution in [1.82, 2.24) is 0 Å². The second-order valence-corrected chi connectivity index (χ2v) is 5.22. The van der Waals surface area contributed by atoms with E-state index in [1.807, 2.05) is 36.4 Å². The van der Waals surface area contributed by atoms with Gasteiger partial charge in [0.25, 0.3) is 0 Å². The molecule has 1 unspecified atom stereocenters. The van der Waals surface area contributed by atoms with E-state index in [-0.39, 0.29) is 12.7 Å². The molecule has 0 radical (unpaired) electrons. The fourth-order valence-corrected chi connectivity index (χ4v) is 2.74. The molecule has 2 aromatic carbocycles. The highest BCUT2D eigenvalue weighted by Gasteiger charge is 2.15. The number of ether oxygens (including phenoxy) is 2. The van der Waals surface area contributed by atoms with Crippen LogP contribution in [0.15, 0.2) is 36.4 Å². The molecule has 1 atom stereocenters. The summed E-state index contributed by atoms with van der Waals surface area (Å²) in [6.45, 7) is 1.38. The monoisotopic (exact) mass is 272 g/mol. The maximum absolute atomic E-state index is 9.64. The summed E-state index contributed by atoms with van der Waals surface area (Å²) >= 11 is 0. The van der Waals surface area contributed by atoms with Gasteiger partial charge in [0.1, 0.15) is 12.4 Å². The third-order valence-corrected chi connectivity index (χ3v) is 3.85. The van der Waals surface area contributed by atoms with Crippen molar-refractivity contribution in [3.63, 3.8) is 0 Å². The Morgan fingerprint density at radius 3 is 2.85 bits per heavy atom. The Morgan fingerprint density at radius 1 is 1.15 bits per heavy atom. The Kier molecular flexibility index (Phi) is 4.19. The highest BCUT2D eigenvalue weighted by molar-refractivity contribution is 5.87. The van der Waals surface area contributed by atoms with E-state index in [0.717, 1.165) is 41.5 Å². The molecule has 1 saturated heterocycles. The summed E-state index contributed by atoms with van der Waals surface area (Å²) in [4.78, 5) is 0. The van der Waals surface area contributed by atoms with Crippen LogP contribution in [0.5, 0.6) is 5.75 Å². The summed E-state index contributed by atoms with van der Waals surface area (Å²) in [6.07, 6.45) is 3.59. The fraction of sp³-hybridized carbons (Fsp3) is 0.412. The van der Waals surface area contributed by atoms with Crippen molar-refractivity contribution >= 4 is 10.8 Å². The minimum atomic E-state index is -0.0117. The standard InChI is InChI=1S/C17H20O3/c18-11-16-15-7-2-1-5-13(15)8-9-17(16)20-12-14-6-3-4-10-19-14/h1-2,5,7-9,14,18H,3-4,6,10-12H2. The predicted octanol–water partition coefficient (Wildman–Crippen LogP) is 3.28. The van der Waals surface area contributed by atoms with Gasteiger partial charge in [-0.15, -0.1) is 0 Å². The van der Waals surface area contributed by atoms with Crippen LogP contribution in [-0.4, -0.2) is 24.4 Å².